The third-order valence-electron chi connectivity index (χ3n) is 4.54. The largest absolute Gasteiger partial charge is 0.388 e. The Kier molecular flexibility index (Phi) is 3.87. The molecule has 2 N–H and O–H groups in total. The normalized spacial score (nSPS) is 26.4. The summed E-state index contributed by atoms with van der Waals surface area (Å²) in [6, 6.07) is 5.70. The number of nitrogens with one attached hydrogen (secondary N) is 1. The topological polar surface area (TPSA) is 61.8 Å². The SMILES string of the molecule is CCC1OCCC1C(O)c1ccc2c(c1)CN(C)C(=O)N2. The zero-order valence-electron chi connectivity index (χ0n) is 12.5. The molecule has 1 aromatic carbocycles. The highest BCUT2D eigenvalue weighted by molar-refractivity contribution is 5.92. The van der Waals surface area contributed by atoms with Gasteiger partial charge in [0.15, 0.2) is 0 Å². The Balaban J connectivity index is 1.83. The Morgan fingerprint density at radius 3 is 3.10 bits per heavy atom. The van der Waals surface area contributed by atoms with E-state index in [-0.39, 0.29) is 18.1 Å². The summed E-state index contributed by atoms with van der Waals surface area (Å²) >= 11 is 0. The van der Waals surface area contributed by atoms with Gasteiger partial charge >= 0.3 is 6.03 Å². The Hall–Kier alpha value is -1.59. The lowest BCUT2D eigenvalue weighted by Gasteiger charge is -2.28. The molecule has 0 saturated carbocycles. The summed E-state index contributed by atoms with van der Waals surface area (Å²) in [5.41, 5.74) is 2.79. The van der Waals surface area contributed by atoms with Crippen molar-refractivity contribution < 1.29 is 14.6 Å². The number of hydrogen-bond donors (Lipinski definition) is 2. The van der Waals surface area contributed by atoms with Crippen molar-refractivity contribution in [3.05, 3.63) is 29.3 Å². The molecule has 1 saturated heterocycles. The molecule has 1 aromatic rings. The lowest BCUT2D eigenvalue weighted by Crippen LogP contribution is -2.35. The Morgan fingerprint density at radius 1 is 1.52 bits per heavy atom. The molecular formula is C16H22N2O3. The van der Waals surface area contributed by atoms with Crippen LogP contribution in [0.3, 0.4) is 0 Å². The lowest BCUT2D eigenvalue weighted by atomic mass is 9.88. The molecule has 5 heteroatoms. The van der Waals surface area contributed by atoms with Gasteiger partial charge in [-0.1, -0.05) is 13.0 Å². The van der Waals surface area contributed by atoms with Crippen molar-refractivity contribution in [2.45, 2.75) is 38.5 Å². The number of nitrogens with zero attached hydrogens (tertiary/aromatic N) is 1. The second kappa shape index (κ2) is 5.66. The molecule has 2 heterocycles. The number of fused-ring (bicyclic) bond motifs is 1. The summed E-state index contributed by atoms with van der Waals surface area (Å²) in [6.07, 6.45) is 1.45. The minimum atomic E-state index is -0.509. The number of aliphatic hydroxyl groups is 1. The second-order valence-electron chi connectivity index (χ2n) is 5.92. The average Bonchev–Trinajstić information content (AvgIpc) is 2.95. The molecule has 114 valence electrons. The van der Waals surface area contributed by atoms with Crippen LogP contribution >= 0.6 is 0 Å². The Labute approximate surface area is 124 Å². The zero-order valence-corrected chi connectivity index (χ0v) is 12.5. The molecule has 0 spiro atoms. The molecule has 21 heavy (non-hydrogen) atoms. The maximum Gasteiger partial charge on any atom is 0.321 e. The van der Waals surface area contributed by atoms with E-state index in [1.54, 1.807) is 11.9 Å². The number of aliphatic hydroxyl groups excluding tert-OH is 1. The Bertz CT molecular complexity index is 546. The van der Waals surface area contributed by atoms with E-state index in [9.17, 15) is 9.90 Å². The second-order valence-corrected chi connectivity index (χ2v) is 5.92. The van der Waals surface area contributed by atoms with Crippen LogP contribution in [0.4, 0.5) is 10.5 Å². The zero-order chi connectivity index (χ0) is 15.0. The molecule has 2 amide bonds. The van der Waals surface area contributed by atoms with Gasteiger partial charge in [0, 0.05) is 31.8 Å². The highest BCUT2D eigenvalue weighted by atomic mass is 16.5. The van der Waals surface area contributed by atoms with Crippen LogP contribution in [0.15, 0.2) is 18.2 Å². The summed E-state index contributed by atoms with van der Waals surface area (Å²) in [5.74, 6) is 0.156. The van der Waals surface area contributed by atoms with E-state index in [2.05, 4.69) is 12.2 Å². The first kappa shape index (κ1) is 14.4. The standard InChI is InChI=1S/C16H22N2O3/c1-3-14-12(6-7-21-14)15(19)10-4-5-13-11(8-10)9-18(2)16(20)17-13/h4-5,8,12,14-15,19H,3,6-7,9H2,1-2H3,(H,17,20). The van der Waals surface area contributed by atoms with Gasteiger partial charge in [-0.2, -0.15) is 0 Å². The van der Waals surface area contributed by atoms with Crippen molar-refractivity contribution in [3.63, 3.8) is 0 Å². The van der Waals surface area contributed by atoms with Crippen molar-refractivity contribution in [1.29, 1.82) is 0 Å². The number of anilines is 1. The highest BCUT2D eigenvalue weighted by Gasteiger charge is 2.34. The Morgan fingerprint density at radius 2 is 2.33 bits per heavy atom. The number of hydrogen-bond acceptors (Lipinski definition) is 3. The number of benzene rings is 1. The number of urea groups is 1. The van der Waals surface area contributed by atoms with E-state index < -0.39 is 6.10 Å². The molecule has 0 radical (unpaired) electrons. The molecule has 2 aliphatic rings. The van der Waals surface area contributed by atoms with Crippen LogP contribution in [-0.4, -0.2) is 35.8 Å². The van der Waals surface area contributed by atoms with Gasteiger partial charge in [0.05, 0.1) is 12.2 Å². The molecular weight excluding hydrogens is 268 g/mol. The summed E-state index contributed by atoms with van der Waals surface area (Å²) in [5, 5.41) is 13.5. The van der Waals surface area contributed by atoms with Crippen LogP contribution in [-0.2, 0) is 11.3 Å². The van der Waals surface area contributed by atoms with E-state index in [0.29, 0.717) is 6.54 Å². The molecule has 0 aromatic heterocycles. The minimum Gasteiger partial charge on any atom is -0.388 e. The molecule has 2 aliphatic heterocycles. The predicted molar refractivity (Wildman–Crippen MR) is 80.0 cm³/mol. The van der Waals surface area contributed by atoms with Gasteiger partial charge in [0.2, 0.25) is 0 Å². The quantitative estimate of drug-likeness (QED) is 0.899. The number of carbonyl (C=O) groups is 1. The van der Waals surface area contributed by atoms with E-state index in [1.807, 2.05) is 18.2 Å². The van der Waals surface area contributed by atoms with Gasteiger partial charge in [-0.25, -0.2) is 4.79 Å². The minimum absolute atomic E-state index is 0.0916. The molecule has 3 rings (SSSR count). The van der Waals surface area contributed by atoms with Crippen LogP contribution in [0.1, 0.15) is 37.0 Å². The van der Waals surface area contributed by atoms with Gasteiger partial charge < -0.3 is 20.1 Å². The molecule has 3 unspecified atom stereocenters. The van der Waals surface area contributed by atoms with Crippen molar-refractivity contribution >= 4 is 11.7 Å². The summed E-state index contributed by atoms with van der Waals surface area (Å²) in [4.78, 5) is 13.2. The summed E-state index contributed by atoms with van der Waals surface area (Å²) in [6.45, 7) is 3.39. The van der Waals surface area contributed by atoms with Crippen molar-refractivity contribution in [2.24, 2.45) is 5.92 Å². The van der Waals surface area contributed by atoms with E-state index in [1.165, 1.54) is 0 Å². The fraction of sp³-hybridized carbons (Fsp3) is 0.562. The van der Waals surface area contributed by atoms with Gasteiger partial charge in [-0.05, 0) is 36.1 Å². The van der Waals surface area contributed by atoms with Gasteiger partial charge in [-0.15, -0.1) is 0 Å². The first-order valence-electron chi connectivity index (χ1n) is 7.54. The summed E-state index contributed by atoms with van der Waals surface area (Å²) in [7, 11) is 1.76. The third kappa shape index (κ3) is 2.63. The fourth-order valence-electron chi connectivity index (χ4n) is 3.28. The van der Waals surface area contributed by atoms with E-state index in [4.69, 9.17) is 4.74 Å². The number of carbonyl (C=O) groups excluding carboxylic acids is 1. The maximum atomic E-state index is 11.6. The van der Waals surface area contributed by atoms with Gasteiger partial charge in [0.1, 0.15) is 0 Å². The van der Waals surface area contributed by atoms with E-state index in [0.717, 1.165) is 36.3 Å². The monoisotopic (exact) mass is 290 g/mol. The van der Waals surface area contributed by atoms with Crippen LogP contribution < -0.4 is 5.32 Å². The summed E-state index contributed by atoms with van der Waals surface area (Å²) < 4.78 is 5.68. The van der Waals surface area contributed by atoms with Crippen LogP contribution in [0.25, 0.3) is 0 Å². The lowest BCUT2D eigenvalue weighted by molar-refractivity contribution is 0.0307. The van der Waals surface area contributed by atoms with Gasteiger partial charge in [0.25, 0.3) is 0 Å². The molecule has 5 nitrogen and oxygen atoms in total. The molecule has 3 atom stereocenters. The number of amides is 2. The van der Waals surface area contributed by atoms with Crippen molar-refractivity contribution in [2.75, 3.05) is 19.0 Å². The average molecular weight is 290 g/mol. The van der Waals surface area contributed by atoms with Crippen LogP contribution in [0.5, 0.6) is 0 Å². The first-order chi connectivity index (χ1) is 10.1. The van der Waals surface area contributed by atoms with Crippen LogP contribution in [0.2, 0.25) is 0 Å². The number of ether oxygens (including phenoxy) is 1. The molecule has 1 fully saturated rings. The van der Waals surface area contributed by atoms with E-state index >= 15 is 0 Å². The predicted octanol–water partition coefficient (Wildman–Crippen LogP) is 2.51. The van der Waals surface area contributed by atoms with Crippen molar-refractivity contribution in [1.82, 2.24) is 4.90 Å². The smallest absolute Gasteiger partial charge is 0.321 e. The maximum absolute atomic E-state index is 11.6. The number of rotatable bonds is 3. The molecule has 0 aliphatic carbocycles. The highest BCUT2D eigenvalue weighted by Crippen LogP contribution is 2.36. The molecule has 0 bridgehead atoms. The van der Waals surface area contributed by atoms with Crippen LogP contribution in [0, 0.1) is 5.92 Å². The van der Waals surface area contributed by atoms with Gasteiger partial charge in [-0.3, -0.25) is 0 Å². The third-order valence-corrected chi connectivity index (χ3v) is 4.54. The first-order valence-corrected chi connectivity index (χ1v) is 7.54. The fourth-order valence-corrected chi connectivity index (χ4v) is 3.28. The van der Waals surface area contributed by atoms with Crippen molar-refractivity contribution in [3.8, 4) is 0 Å².